The highest BCUT2D eigenvalue weighted by Gasteiger charge is 2.69. The third kappa shape index (κ3) is 9.05. The van der Waals surface area contributed by atoms with E-state index in [2.05, 4.69) is 135 Å². The number of hydrogen-bond acceptors (Lipinski definition) is 7. The minimum Gasteiger partial charge on any atom is -0.456 e. The van der Waals surface area contributed by atoms with Gasteiger partial charge in [0.1, 0.15) is 17.0 Å². The lowest BCUT2D eigenvalue weighted by Crippen LogP contribution is -2.65. The number of nitrogens with zero attached hydrogens (tertiary/aromatic N) is 2. The Hall–Kier alpha value is -0.616. The number of rotatable bonds is 12. The van der Waals surface area contributed by atoms with Crippen molar-refractivity contribution in [1.82, 2.24) is 0 Å². The molecule has 0 aromatic heterocycles. The normalized spacial score (nSPS) is 35.6. The van der Waals surface area contributed by atoms with Crippen molar-refractivity contribution in [2.75, 3.05) is 6.61 Å². The fraction of sp³-hybridized carbons (Fsp3) is 0.833. The molecular formula is C36H70N2O5Si5. The summed E-state index contributed by atoms with van der Waals surface area (Å²) in [5, 5.41) is 9.71. The van der Waals surface area contributed by atoms with Gasteiger partial charge in [0.05, 0.1) is 6.61 Å². The van der Waals surface area contributed by atoms with Gasteiger partial charge in [-0.3, -0.25) is 0 Å². The molecule has 6 unspecified atom stereocenters. The van der Waals surface area contributed by atoms with Crippen molar-refractivity contribution in [2.45, 2.75) is 156 Å². The van der Waals surface area contributed by atoms with Gasteiger partial charge < -0.3 is 22.3 Å². The SMILES string of the molecule is CC12C=C/C(=N\O[Si](C)(C)C)C=C1CCC1C2C(O[Si](C)(C)C)CC2(C)C1CC[C@]2(O[Si](C)(C)C)/C(CO[Si](C)(C)C)=N/O[Si](C)(C)C. The molecule has 4 aliphatic carbocycles. The summed E-state index contributed by atoms with van der Waals surface area (Å²) in [5.41, 5.74) is 2.59. The zero-order valence-electron chi connectivity index (χ0n) is 33.7. The summed E-state index contributed by atoms with van der Waals surface area (Å²) in [6.45, 7) is 39.5. The molecule has 0 heterocycles. The molecule has 4 aliphatic rings. The van der Waals surface area contributed by atoms with Crippen LogP contribution in [0.1, 0.15) is 46.0 Å². The van der Waals surface area contributed by atoms with Crippen LogP contribution in [0.25, 0.3) is 0 Å². The second-order valence-corrected chi connectivity index (χ2v) is 42.7. The van der Waals surface area contributed by atoms with Gasteiger partial charge in [0.2, 0.25) is 0 Å². The first-order valence-electron chi connectivity index (χ1n) is 18.5. The van der Waals surface area contributed by atoms with Gasteiger partial charge in [-0.05, 0) is 160 Å². The molecule has 4 rings (SSSR count). The molecule has 0 aromatic rings. The Labute approximate surface area is 299 Å². The maximum Gasteiger partial charge on any atom is 0.278 e. The smallest absolute Gasteiger partial charge is 0.278 e. The predicted molar refractivity (Wildman–Crippen MR) is 215 cm³/mol. The van der Waals surface area contributed by atoms with Gasteiger partial charge in [-0.15, -0.1) is 10.3 Å². The molecule has 7 nitrogen and oxygen atoms in total. The molecule has 0 aliphatic heterocycles. The molecule has 0 N–H and O–H groups in total. The molecule has 3 fully saturated rings. The van der Waals surface area contributed by atoms with Gasteiger partial charge in [-0.2, -0.15) is 0 Å². The maximum absolute atomic E-state index is 7.59. The molecule has 0 amide bonds. The second kappa shape index (κ2) is 13.4. The Balaban J connectivity index is 1.86. The molecule has 0 bridgehead atoms. The van der Waals surface area contributed by atoms with Crippen LogP contribution < -0.4 is 0 Å². The van der Waals surface area contributed by atoms with E-state index in [4.69, 9.17) is 27.5 Å². The topological polar surface area (TPSA) is 70.9 Å². The fourth-order valence-corrected chi connectivity index (χ4v) is 13.0. The largest absolute Gasteiger partial charge is 0.456 e. The van der Waals surface area contributed by atoms with Crippen molar-refractivity contribution in [1.29, 1.82) is 0 Å². The van der Waals surface area contributed by atoms with Crippen molar-refractivity contribution in [2.24, 2.45) is 38.9 Å². The quantitative estimate of drug-likeness (QED) is 0.113. The van der Waals surface area contributed by atoms with Crippen LogP contribution in [0.5, 0.6) is 0 Å². The first-order valence-corrected chi connectivity index (χ1v) is 35.6. The van der Waals surface area contributed by atoms with Crippen LogP contribution in [0.2, 0.25) is 98.2 Å². The Bertz CT molecular complexity index is 1320. The first-order chi connectivity index (χ1) is 21.6. The van der Waals surface area contributed by atoms with Crippen molar-refractivity contribution in [3.63, 3.8) is 0 Å². The summed E-state index contributed by atoms with van der Waals surface area (Å²) in [6.07, 6.45) is 12.3. The predicted octanol–water partition coefficient (Wildman–Crippen LogP) is 10.4. The van der Waals surface area contributed by atoms with Crippen LogP contribution >= 0.6 is 0 Å². The number of fused-ring (bicyclic) bond motifs is 5. The van der Waals surface area contributed by atoms with Gasteiger partial charge in [0.25, 0.3) is 16.6 Å². The minimum atomic E-state index is -2.06. The van der Waals surface area contributed by atoms with Crippen molar-refractivity contribution < 1.29 is 22.3 Å². The number of allylic oxidation sites excluding steroid dienone is 4. The summed E-state index contributed by atoms with van der Waals surface area (Å²) in [7, 11) is -9.55. The summed E-state index contributed by atoms with van der Waals surface area (Å²) in [6, 6.07) is 0. The Morgan fingerprint density at radius 3 is 1.96 bits per heavy atom. The molecule has 48 heavy (non-hydrogen) atoms. The van der Waals surface area contributed by atoms with Gasteiger partial charge in [0, 0.05) is 16.9 Å². The third-order valence-corrected chi connectivity index (χ3v) is 14.8. The van der Waals surface area contributed by atoms with Crippen LogP contribution in [-0.2, 0) is 22.3 Å². The summed E-state index contributed by atoms with van der Waals surface area (Å²) >= 11 is 0. The maximum atomic E-state index is 7.59. The third-order valence-electron chi connectivity index (χ3n) is 10.6. The van der Waals surface area contributed by atoms with E-state index < -0.39 is 47.2 Å². The average Bonchev–Trinajstić information content (AvgIpc) is 3.15. The van der Waals surface area contributed by atoms with E-state index in [9.17, 15) is 0 Å². The first kappa shape index (κ1) is 40.2. The van der Waals surface area contributed by atoms with E-state index in [-0.39, 0.29) is 16.9 Å². The molecule has 7 atom stereocenters. The highest BCUT2D eigenvalue weighted by atomic mass is 28.4. The Kier molecular flexibility index (Phi) is 11.2. The van der Waals surface area contributed by atoms with Gasteiger partial charge in [0.15, 0.2) is 25.0 Å². The lowest BCUT2D eigenvalue weighted by molar-refractivity contribution is -0.133. The molecule has 0 aromatic carbocycles. The Morgan fingerprint density at radius 1 is 0.792 bits per heavy atom. The number of oxime groups is 2. The number of hydrogen-bond donors (Lipinski definition) is 0. The average molecular weight is 751 g/mol. The summed E-state index contributed by atoms with van der Waals surface area (Å²) in [4.78, 5) is 0. The van der Waals surface area contributed by atoms with E-state index in [0.29, 0.717) is 24.4 Å². The van der Waals surface area contributed by atoms with Crippen LogP contribution in [0.3, 0.4) is 0 Å². The molecule has 12 heteroatoms. The van der Waals surface area contributed by atoms with E-state index in [1.807, 2.05) is 0 Å². The van der Waals surface area contributed by atoms with Crippen molar-refractivity contribution in [3.05, 3.63) is 23.8 Å². The van der Waals surface area contributed by atoms with E-state index in [1.54, 1.807) is 0 Å². The van der Waals surface area contributed by atoms with Gasteiger partial charge in [-0.25, -0.2) is 0 Å². The molecule has 0 radical (unpaired) electrons. The zero-order chi connectivity index (χ0) is 36.4. The van der Waals surface area contributed by atoms with E-state index in [0.717, 1.165) is 43.5 Å². The molecule has 274 valence electrons. The van der Waals surface area contributed by atoms with Crippen LogP contribution in [0.15, 0.2) is 34.1 Å². The second-order valence-electron chi connectivity index (χ2n) is 20.5. The highest BCUT2D eigenvalue weighted by molar-refractivity contribution is 6.71. The van der Waals surface area contributed by atoms with Gasteiger partial charge >= 0.3 is 0 Å². The van der Waals surface area contributed by atoms with Crippen molar-refractivity contribution >= 4 is 53.0 Å². The molecular weight excluding hydrogens is 681 g/mol. The van der Waals surface area contributed by atoms with E-state index >= 15 is 0 Å². The minimum absolute atomic E-state index is 0.0869. The van der Waals surface area contributed by atoms with Gasteiger partial charge in [-0.1, -0.05) is 25.5 Å². The van der Waals surface area contributed by atoms with E-state index in [1.165, 1.54) is 5.57 Å². The zero-order valence-corrected chi connectivity index (χ0v) is 38.7. The lowest BCUT2D eigenvalue weighted by Gasteiger charge is -2.62. The molecule has 3 saturated carbocycles. The van der Waals surface area contributed by atoms with Crippen molar-refractivity contribution in [3.8, 4) is 0 Å². The van der Waals surface area contributed by atoms with Crippen LogP contribution in [0, 0.1) is 28.6 Å². The standard InChI is InChI=1S/C36H70N2O5Si5/c1-34-22-20-28(37-42-47(12,13)14)24-27(34)18-19-29-30-21-23-36(41-46(9,10)11,32(26-39-44(3,4)5)38-43-48(15,16)17)35(30,2)25-31(33(29)34)40-45(6,7)8/h20,22,24,29-31,33H,18-19,21,23,25-26H2,1-17H3/b37-28+,38-32+/t29?,30?,31?,33?,34?,35?,36-/m0/s1. The molecule has 0 saturated heterocycles. The monoisotopic (exact) mass is 750 g/mol. The summed E-state index contributed by atoms with van der Waals surface area (Å²) < 4.78 is 34.1. The van der Waals surface area contributed by atoms with Crippen LogP contribution in [0.4, 0.5) is 0 Å². The molecule has 0 spiro atoms. The highest BCUT2D eigenvalue weighted by Crippen LogP contribution is 2.69. The van der Waals surface area contributed by atoms with Crippen LogP contribution in [-0.4, -0.2) is 71.3 Å². The summed E-state index contributed by atoms with van der Waals surface area (Å²) in [5.74, 6) is 1.39. The fourth-order valence-electron chi connectivity index (χ4n) is 9.02. The lowest BCUT2D eigenvalue weighted by atomic mass is 9.46. The Morgan fingerprint density at radius 2 is 1.42 bits per heavy atom.